The smallest absolute Gasteiger partial charge is 0.247 e. The highest BCUT2D eigenvalue weighted by Gasteiger charge is 2.27. The monoisotopic (exact) mass is 340 g/mol. The van der Waals surface area contributed by atoms with Crippen molar-refractivity contribution < 1.29 is 9.59 Å². The molecule has 0 spiro atoms. The van der Waals surface area contributed by atoms with Crippen molar-refractivity contribution in [3.63, 3.8) is 0 Å². The van der Waals surface area contributed by atoms with E-state index in [4.69, 9.17) is 0 Å². The Morgan fingerprint density at radius 3 is 2.52 bits per heavy atom. The van der Waals surface area contributed by atoms with E-state index >= 15 is 0 Å². The molecule has 132 valence electrons. The van der Waals surface area contributed by atoms with Crippen LogP contribution in [0.5, 0.6) is 0 Å². The Balaban J connectivity index is 1.57. The molecule has 25 heavy (non-hydrogen) atoms. The largest absolute Gasteiger partial charge is 0.344 e. The quantitative estimate of drug-likeness (QED) is 0.849. The molecule has 6 heteroatoms. The van der Waals surface area contributed by atoms with Crippen LogP contribution in [0, 0.1) is 5.92 Å². The molecule has 1 aromatic heterocycles. The van der Waals surface area contributed by atoms with Crippen LogP contribution in [0.3, 0.4) is 0 Å². The zero-order chi connectivity index (χ0) is 17.8. The second-order valence-corrected chi connectivity index (χ2v) is 6.62. The Morgan fingerprint density at radius 1 is 1.16 bits per heavy atom. The molecule has 1 aliphatic rings. The standard InChI is InChI=1S/C19H24N4O2/c1-13(20-19(25)16-9-6-10-16)18(24)21-17-11-12-23(22-17)14(2)15-7-4-3-5-8-15/h3-5,7-8,11-14,16H,6,9-10H2,1-2H3,(H,20,25)(H,21,22,24)/t13-,14+/m1/s1. The van der Waals surface area contributed by atoms with Gasteiger partial charge in [-0.3, -0.25) is 14.3 Å². The number of carbonyl (C=O) groups excluding carboxylic acids is 2. The summed E-state index contributed by atoms with van der Waals surface area (Å²) in [7, 11) is 0. The topological polar surface area (TPSA) is 76.0 Å². The van der Waals surface area contributed by atoms with Crippen LogP contribution in [0.25, 0.3) is 0 Å². The molecule has 0 saturated heterocycles. The van der Waals surface area contributed by atoms with Gasteiger partial charge in [-0.1, -0.05) is 36.8 Å². The average molecular weight is 340 g/mol. The summed E-state index contributed by atoms with van der Waals surface area (Å²) in [6.07, 6.45) is 4.77. The molecule has 0 aliphatic heterocycles. The third kappa shape index (κ3) is 4.07. The van der Waals surface area contributed by atoms with Crippen LogP contribution in [0.4, 0.5) is 5.82 Å². The Labute approximate surface area is 147 Å². The molecule has 2 amide bonds. The molecule has 1 heterocycles. The van der Waals surface area contributed by atoms with E-state index in [9.17, 15) is 9.59 Å². The zero-order valence-electron chi connectivity index (χ0n) is 14.6. The maximum absolute atomic E-state index is 12.3. The highest BCUT2D eigenvalue weighted by molar-refractivity contribution is 5.96. The molecule has 3 rings (SSSR count). The number of hydrogen-bond acceptors (Lipinski definition) is 3. The Hall–Kier alpha value is -2.63. The van der Waals surface area contributed by atoms with E-state index in [-0.39, 0.29) is 23.8 Å². The van der Waals surface area contributed by atoms with Crippen molar-refractivity contribution in [3.05, 3.63) is 48.2 Å². The van der Waals surface area contributed by atoms with Gasteiger partial charge >= 0.3 is 0 Å². The molecule has 2 N–H and O–H groups in total. The van der Waals surface area contributed by atoms with Gasteiger partial charge in [-0.2, -0.15) is 5.10 Å². The second kappa shape index (κ2) is 7.51. The lowest BCUT2D eigenvalue weighted by atomic mass is 9.84. The summed E-state index contributed by atoms with van der Waals surface area (Å²) in [5.74, 6) is 0.265. The lowest BCUT2D eigenvalue weighted by Crippen LogP contribution is -2.45. The molecule has 2 aromatic rings. The first-order chi connectivity index (χ1) is 12.0. The molecular weight excluding hydrogens is 316 g/mol. The van der Waals surface area contributed by atoms with Gasteiger partial charge in [-0.05, 0) is 32.3 Å². The van der Waals surface area contributed by atoms with Gasteiger partial charge in [-0.25, -0.2) is 0 Å². The third-order valence-corrected chi connectivity index (χ3v) is 4.77. The summed E-state index contributed by atoms with van der Waals surface area (Å²) in [5, 5.41) is 9.96. The fourth-order valence-corrected chi connectivity index (χ4v) is 2.81. The molecule has 6 nitrogen and oxygen atoms in total. The normalized spacial score (nSPS) is 16.6. The van der Waals surface area contributed by atoms with Crippen LogP contribution in [0.15, 0.2) is 42.6 Å². The van der Waals surface area contributed by atoms with Crippen LogP contribution in [-0.2, 0) is 9.59 Å². The first-order valence-electron chi connectivity index (χ1n) is 8.76. The van der Waals surface area contributed by atoms with E-state index in [1.165, 1.54) is 0 Å². The van der Waals surface area contributed by atoms with Gasteiger partial charge in [0.1, 0.15) is 6.04 Å². The number of aromatic nitrogens is 2. The highest BCUT2D eigenvalue weighted by atomic mass is 16.2. The highest BCUT2D eigenvalue weighted by Crippen LogP contribution is 2.26. The maximum Gasteiger partial charge on any atom is 0.247 e. The number of nitrogens with zero attached hydrogens (tertiary/aromatic N) is 2. The van der Waals surface area contributed by atoms with Crippen molar-refractivity contribution in [1.82, 2.24) is 15.1 Å². The fourth-order valence-electron chi connectivity index (χ4n) is 2.81. The fraction of sp³-hybridized carbons (Fsp3) is 0.421. The van der Waals surface area contributed by atoms with Crippen molar-refractivity contribution in [3.8, 4) is 0 Å². The summed E-state index contributed by atoms with van der Waals surface area (Å²) in [4.78, 5) is 24.2. The van der Waals surface area contributed by atoms with Crippen molar-refractivity contribution in [2.75, 3.05) is 5.32 Å². The number of nitrogens with one attached hydrogen (secondary N) is 2. The van der Waals surface area contributed by atoms with Crippen LogP contribution >= 0.6 is 0 Å². The molecule has 0 unspecified atom stereocenters. The zero-order valence-corrected chi connectivity index (χ0v) is 14.6. The minimum atomic E-state index is -0.579. The van der Waals surface area contributed by atoms with Crippen LogP contribution in [-0.4, -0.2) is 27.6 Å². The van der Waals surface area contributed by atoms with E-state index in [0.29, 0.717) is 5.82 Å². The van der Waals surface area contributed by atoms with Crippen LogP contribution < -0.4 is 10.6 Å². The average Bonchev–Trinajstić information content (AvgIpc) is 3.01. The predicted octanol–water partition coefficient (Wildman–Crippen LogP) is 2.74. The molecular formula is C19H24N4O2. The van der Waals surface area contributed by atoms with E-state index in [0.717, 1.165) is 24.8 Å². The summed E-state index contributed by atoms with van der Waals surface area (Å²) in [6.45, 7) is 3.74. The minimum absolute atomic E-state index is 0.0304. The Morgan fingerprint density at radius 2 is 1.88 bits per heavy atom. The number of benzene rings is 1. The SMILES string of the molecule is C[C@@H](NC(=O)C1CCC1)C(=O)Nc1ccn([C@@H](C)c2ccccc2)n1. The molecule has 1 fully saturated rings. The second-order valence-electron chi connectivity index (χ2n) is 6.62. The summed E-state index contributed by atoms with van der Waals surface area (Å²) >= 11 is 0. The van der Waals surface area contributed by atoms with E-state index in [1.807, 2.05) is 41.2 Å². The number of amides is 2. The lowest BCUT2D eigenvalue weighted by molar-refractivity contribution is -0.130. The van der Waals surface area contributed by atoms with Crippen molar-refractivity contribution in [1.29, 1.82) is 0 Å². The summed E-state index contributed by atoms with van der Waals surface area (Å²) < 4.78 is 1.81. The Kier molecular flexibility index (Phi) is 5.16. The van der Waals surface area contributed by atoms with E-state index in [2.05, 4.69) is 22.7 Å². The number of rotatable bonds is 6. The van der Waals surface area contributed by atoms with Gasteiger partial charge in [0.05, 0.1) is 6.04 Å². The van der Waals surface area contributed by atoms with Gasteiger partial charge in [0, 0.05) is 18.2 Å². The molecule has 1 aromatic carbocycles. The minimum Gasteiger partial charge on any atom is -0.344 e. The van der Waals surface area contributed by atoms with Crippen LogP contribution in [0.2, 0.25) is 0 Å². The first kappa shape index (κ1) is 17.2. The molecule has 1 saturated carbocycles. The summed E-state index contributed by atoms with van der Waals surface area (Å²) in [5.41, 5.74) is 1.14. The molecule has 1 aliphatic carbocycles. The van der Waals surface area contributed by atoms with Crippen LogP contribution in [0.1, 0.15) is 44.7 Å². The van der Waals surface area contributed by atoms with Crippen molar-refractivity contribution in [2.45, 2.75) is 45.2 Å². The van der Waals surface area contributed by atoms with Gasteiger partial charge in [0.2, 0.25) is 11.8 Å². The van der Waals surface area contributed by atoms with Crippen molar-refractivity contribution >= 4 is 17.6 Å². The van der Waals surface area contributed by atoms with E-state index in [1.54, 1.807) is 13.0 Å². The third-order valence-electron chi connectivity index (χ3n) is 4.77. The van der Waals surface area contributed by atoms with E-state index < -0.39 is 6.04 Å². The van der Waals surface area contributed by atoms with Crippen molar-refractivity contribution in [2.24, 2.45) is 5.92 Å². The maximum atomic E-state index is 12.3. The predicted molar refractivity (Wildman–Crippen MR) is 96.1 cm³/mol. The Bertz CT molecular complexity index is 737. The lowest BCUT2D eigenvalue weighted by Gasteiger charge is -2.25. The number of hydrogen-bond donors (Lipinski definition) is 2. The van der Waals surface area contributed by atoms with Gasteiger partial charge in [-0.15, -0.1) is 0 Å². The van der Waals surface area contributed by atoms with Gasteiger partial charge in [0.15, 0.2) is 5.82 Å². The number of carbonyl (C=O) groups is 2. The first-order valence-corrected chi connectivity index (χ1v) is 8.76. The van der Waals surface area contributed by atoms with Gasteiger partial charge in [0.25, 0.3) is 0 Å². The molecule has 0 radical (unpaired) electrons. The summed E-state index contributed by atoms with van der Waals surface area (Å²) in [6, 6.07) is 11.3. The number of anilines is 1. The molecule has 0 bridgehead atoms. The molecule has 2 atom stereocenters. The van der Waals surface area contributed by atoms with Gasteiger partial charge < -0.3 is 10.6 Å².